The lowest BCUT2D eigenvalue weighted by Crippen LogP contribution is -2.41. The summed E-state index contributed by atoms with van der Waals surface area (Å²) in [5.41, 5.74) is 0.284. The van der Waals surface area contributed by atoms with Crippen molar-refractivity contribution in [3.8, 4) is 11.1 Å². The van der Waals surface area contributed by atoms with Crippen molar-refractivity contribution in [3.63, 3.8) is 0 Å². The van der Waals surface area contributed by atoms with Gasteiger partial charge in [-0.15, -0.1) is 0 Å². The first-order valence-electron chi connectivity index (χ1n) is 10.2. The predicted octanol–water partition coefficient (Wildman–Crippen LogP) is 2.68. The maximum Gasteiger partial charge on any atom is 0.326 e. The zero-order valence-electron chi connectivity index (χ0n) is 17.5. The van der Waals surface area contributed by atoms with Gasteiger partial charge in [-0.1, -0.05) is 23.4 Å². The summed E-state index contributed by atoms with van der Waals surface area (Å²) >= 11 is 0. The van der Waals surface area contributed by atoms with Gasteiger partial charge in [-0.3, -0.25) is 4.90 Å². The number of hydrogen-bond donors (Lipinski definition) is 1. The first-order valence-corrected chi connectivity index (χ1v) is 11.8. The quantitative estimate of drug-likeness (QED) is 0.584. The number of ether oxygens (including phenoxy) is 1. The fraction of sp³-hybridized carbons (Fsp3) is 0.333. The Kier molecular flexibility index (Phi) is 5.30. The van der Waals surface area contributed by atoms with Crippen LogP contribution < -0.4 is 9.62 Å². The molecule has 2 aromatic carbocycles. The van der Waals surface area contributed by atoms with E-state index in [2.05, 4.69) is 9.88 Å². The van der Waals surface area contributed by atoms with Gasteiger partial charge in [-0.2, -0.15) is 0 Å². The third-order valence-corrected chi connectivity index (χ3v) is 7.11. The summed E-state index contributed by atoms with van der Waals surface area (Å²) < 4.78 is 65.6. The molecule has 33 heavy (non-hydrogen) atoms. The van der Waals surface area contributed by atoms with E-state index in [4.69, 9.17) is 9.26 Å². The van der Waals surface area contributed by atoms with Crippen LogP contribution in [0.3, 0.4) is 0 Å². The summed E-state index contributed by atoms with van der Waals surface area (Å²) in [4.78, 5) is 16.1. The lowest BCUT2D eigenvalue weighted by Gasteiger charge is -2.18. The molecule has 0 spiro atoms. The number of sulfonamides is 1. The number of aromatic nitrogens is 1. The van der Waals surface area contributed by atoms with Crippen molar-refractivity contribution in [2.45, 2.75) is 18.5 Å². The van der Waals surface area contributed by atoms with Gasteiger partial charge < -0.3 is 14.2 Å². The summed E-state index contributed by atoms with van der Waals surface area (Å²) in [6.45, 7) is 0.421. The van der Waals surface area contributed by atoms with Crippen molar-refractivity contribution in [3.05, 3.63) is 48.0 Å². The van der Waals surface area contributed by atoms with Gasteiger partial charge in [0.25, 0.3) is 0 Å². The number of halogens is 2. The number of fused-ring (bicyclic) bond motifs is 2. The molecular weight excluding hydrogens is 458 g/mol. The molecule has 5 rings (SSSR count). The molecule has 1 N–H and O–H groups in total. The molecule has 0 radical (unpaired) electrons. The number of carbonyl (C=O) groups is 1. The highest BCUT2D eigenvalue weighted by Crippen LogP contribution is 2.40. The highest BCUT2D eigenvalue weighted by Gasteiger charge is 2.46. The Morgan fingerprint density at radius 2 is 1.91 bits per heavy atom. The summed E-state index contributed by atoms with van der Waals surface area (Å²) in [7, 11) is -2.33. The smallest absolute Gasteiger partial charge is 0.326 e. The molecule has 2 aliphatic rings. The zero-order valence-corrected chi connectivity index (χ0v) is 18.3. The van der Waals surface area contributed by atoms with Crippen molar-refractivity contribution in [1.82, 2.24) is 14.8 Å². The third kappa shape index (κ3) is 3.73. The van der Waals surface area contributed by atoms with Gasteiger partial charge >= 0.3 is 6.03 Å². The molecule has 3 heterocycles. The fourth-order valence-corrected chi connectivity index (χ4v) is 5.65. The molecule has 174 valence electrons. The van der Waals surface area contributed by atoms with Crippen molar-refractivity contribution >= 4 is 32.8 Å². The largest absolute Gasteiger partial charge is 0.367 e. The highest BCUT2D eigenvalue weighted by atomic mass is 32.2. The van der Waals surface area contributed by atoms with Crippen LogP contribution in [0.25, 0.3) is 22.1 Å². The van der Waals surface area contributed by atoms with E-state index in [1.54, 1.807) is 23.1 Å². The van der Waals surface area contributed by atoms with E-state index < -0.39 is 33.6 Å². The Hall–Kier alpha value is -3.09. The predicted molar refractivity (Wildman–Crippen MR) is 115 cm³/mol. The average Bonchev–Trinajstić information content (AvgIpc) is 3.42. The molecule has 2 atom stereocenters. The zero-order chi connectivity index (χ0) is 23.3. The van der Waals surface area contributed by atoms with Crippen molar-refractivity contribution in [2.75, 3.05) is 31.0 Å². The van der Waals surface area contributed by atoms with E-state index in [0.29, 0.717) is 11.8 Å². The fourth-order valence-electron chi connectivity index (χ4n) is 4.60. The molecule has 3 aromatic rings. The number of hydrogen-bond acceptors (Lipinski definition) is 6. The summed E-state index contributed by atoms with van der Waals surface area (Å²) in [5, 5.41) is 4.36. The summed E-state index contributed by atoms with van der Waals surface area (Å²) in [5.74, 6) is -1.78. The minimum atomic E-state index is -3.62. The standard InChI is InChI=1S/C21H20F2N4O5S/c1-31-11-33(29,30)25-12-8-13-10-27(21(28)26(13)9-12)20-19-14(4-2-7-17(19)32-24-20)18-15(22)5-3-6-16(18)23/h2-7,12-13,25H,8-11H2,1H3/t12-,13-/m0/s1. The topological polar surface area (TPSA) is 105 Å². The molecule has 2 saturated heterocycles. The number of carbonyl (C=O) groups excluding carboxylic acids is 1. The van der Waals surface area contributed by atoms with Gasteiger partial charge in [0.05, 0.1) is 17.0 Å². The molecule has 0 bridgehead atoms. The number of amides is 2. The molecule has 2 amide bonds. The summed E-state index contributed by atoms with van der Waals surface area (Å²) in [6.07, 6.45) is 0.412. The Bertz CT molecular complexity index is 1330. The minimum absolute atomic E-state index is 0.166. The van der Waals surface area contributed by atoms with E-state index >= 15 is 0 Å². The number of rotatable bonds is 6. The number of nitrogens with zero attached hydrogens (tertiary/aromatic N) is 3. The monoisotopic (exact) mass is 478 g/mol. The van der Waals surface area contributed by atoms with Gasteiger partial charge in [0.2, 0.25) is 10.0 Å². The summed E-state index contributed by atoms with van der Waals surface area (Å²) in [6, 6.07) is 7.28. The van der Waals surface area contributed by atoms with Crippen LogP contribution in [0, 0.1) is 11.6 Å². The van der Waals surface area contributed by atoms with E-state index in [9.17, 15) is 22.0 Å². The minimum Gasteiger partial charge on any atom is -0.367 e. The van der Waals surface area contributed by atoms with Crippen LogP contribution in [-0.2, 0) is 14.8 Å². The van der Waals surface area contributed by atoms with Crippen molar-refractivity contribution < 1.29 is 31.3 Å². The van der Waals surface area contributed by atoms with E-state index in [1.807, 2.05) is 0 Å². The second-order valence-corrected chi connectivity index (χ2v) is 9.75. The van der Waals surface area contributed by atoms with Crippen LogP contribution in [0.5, 0.6) is 0 Å². The van der Waals surface area contributed by atoms with Crippen LogP contribution in [0.4, 0.5) is 19.4 Å². The van der Waals surface area contributed by atoms with E-state index in [1.165, 1.54) is 18.1 Å². The molecular formula is C21H20F2N4O5S. The van der Waals surface area contributed by atoms with Crippen molar-refractivity contribution in [1.29, 1.82) is 0 Å². The Morgan fingerprint density at radius 3 is 2.61 bits per heavy atom. The first kappa shape index (κ1) is 21.7. The normalized spacial score (nSPS) is 20.8. The van der Waals surface area contributed by atoms with Gasteiger partial charge in [0, 0.05) is 31.8 Å². The average molecular weight is 478 g/mol. The number of urea groups is 1. The number of anilines is 1. The Balaban J connectivity index is 1.46. The molecule has 0 aliphatic carbocycles. The van der Waals surface area contributed by atoms with Crippen LogP contribution in [0.15, 0.2) is 40.9 Å². The van der Waals surface area contributed by atoms with Crippen LogP contribution in [0.1, 0.15) is 6.42 Å². The second kappa shape index (κ2) is 8.04. The van der Waals surface area contributed by atoms with Gasteiger partial charge in [0.15, 0.2) is 17.3 Å². The molecule has 1 aromatic heterocycles. The molecule has 0 unspecified atom stereocenters. The lowest BCUT2D eigenvalue weighted by molar-refractivity contribution is 0.218. The van der Waals surface area contributed by atoms with Gasteiger partial charge in [0.1, 0.15) is 11.6 Å². The Morgan fingerprint density at radius 1 is 1.18 bits per heavy atom. The third-order valence-electron chi connectivity index (χ3n) is 5.87. The maximum absolute atomic E-state index is 14.5. The van der Waals surface area contributed by atoms with E-state index in [0.717, 1.165) is 12.1 Å². The SMILES string of the molecule is COCS(=O)(=O)N[C@H]1C[C@H]2CN(c3noc4cccc(-c5c(F)cccc5F)c34)C(=O)N2C1. The van der Waals surface area contributed by atoms with Gasteiger partial charge in [-0.05, 0) is 24.6 Å². The molecule has 0 saturated carbocycles. The first-order chi connectivity index (χ1) is 15.8. The van der Waals surface area contributed by atoms with Crippen LogP contribution in [0.2, 0.25) is 0 Å². The highest BCUT2D eigenvalue weighted by molar-refractivity contribution is 7.89. The van der Waals surface area contributed by atoms with Crippen molar-refractivity contribution in [2.24, 2.45) is 0 Å². The number of benzene rings is 2. The molecule has 2 fully saturated rings. The number of methoxy groups -OCH3 is 1. The van der Waals surface area contributed by atoms with Crippen LogP contribution >= 0.6 is 0 Å². The Labute approximate surface area is 187 Å². The van der Waals surface area contributed by atoms with E-state index in [-0.39, 0.29) is 47.7 Å². The molecule has 12 heteroatoms. The number of nitrogens with one attached hydrogen (secondary N) is 1. The lowest BCUT2D eigenvalue weighted by atomic mass is 10.00. The molecule has 2 aliphatic heterocycles. The second-order valence-electron chi connectivity index (χ2n) is 8.05. The van der Waals surface area contributed by atoms with Gasteiger partial charge in [-0.25, -0.2) is 26.7 Å². The maximum atomic E-state index is 14.5. The molecule has 9 nitrogen and oxygen atoms in total. The van der Waals surface area contributed by atoms with Crippen LogP contribution in [-0.4, -0.2) is 62.7 Å².